The minimum Gasteiger partial charge on any atom is -0.442 e. The fraction of sp³-hybridized carbons (Fsp3) is 0.429. The summed E-state index contributed by atoms with van der Waals surface area (Å²) in [4.78, 5) is 30.0. The standard InChI is InChI=1S/C21H25FN6O4S2/c1-24(2)20(33)23-12-15-13-27(21(29)32-15)14-3-4-17(16(22)11-14)25-7-9-26(10-8-25)18-5-6-19(34-18)28(30)31/h3-6,11,15H,7-10,12-13H2,1-2H3,(H,23,33)/t15-/m0/s1. The van der Waals surface area contributed by atoms with Gasteiger partial charge in [0.2, 0.25) is 0 Å². The Morgan fingerprint density at radius 3 is 2.59 bits per heavy atom. The van der Waals surface area contributed by atoms with Crippen molar-refractivity contribution in [3.05, 3.63) is 46.3 Å². The molecule has 1 amide bonds. The second-order valence-corrected chi connectivity index (χ2v) is 9.60. The van der Waals surface area contributed by atoms with Gasteiger partial charge in [-0.1, -0.05) is 0 Å². The molecule has 10 nitrogen and oxygen atoms in total. The van der Waals surface area contributed by atoms with E-state index in [4.69, 9.17) is 17.0 Å². The molecule has 1 N–H and O–H groups in total. The Labute approximate surface area is 205 Å². The third-order valence-corrected chi connectivity index (χ3v) is 7.30. The fourth-order valence-corrected chi connectivity index (χ4v) is 4.83. The predicted octanol–water partition coefficient (Wildman–Crippen LogP) is 2.88. The fourth-order valence-electron chi connectivity index (χ4n) is 3.87. The second kappa shape index (κ2) is 9.97. The number of carbonyl (C=O) groups is 1. The molecule has 3 heterocycles. The zero-order valence-corrected chi connectivity index (χ0v) is 20.4. The van der Waals surface area contributed by atoms with Crippen LogP contribution in [-0.2, 0) is 4.74 Å². The number of ether oxygens (including phenoxy) is 1. The van der Waals surface area contributed by atoms with Gasteiger partial charge in [-0.15, -0.1) is 0 Å². The average Bonchev–Trinajstić information content (AvgIpc) is 3.45. The van der Waals surface area contributed by atoms with E-state index in [-0.39, 0.29) is 5.00 Å². The monoisotopic (exact) mass is 508 g/mol. The molecule has 2 aromatic rings. The van der Waals surface area contributed by atoms with E-state index in [9.17, 15) is 14.9 Å². The molecule has 2 fully saturated rings. The molecule has 0 aliphatic carbocycles. The van der Waals surface area contributed by atoms with Crippen LogP contribution in [0.2, 0.25) is 0 Å². The molecule has 182 valence electrons. The van der Waals surface area contributed by atoms with Crippen LogP contribution in [0.1, 0.15) is 0 Å². The Morgan fingerprint density at radius 2 is 1.97 bits per heavy atom. The number of carbonyl (C=O) groups excluding carboxylic acids is 1. The van der Waals surface area contributed by atoms with Gasteiger partial charge in [0, 0.05) is 46.3 Å². The summed E-state index contributed by atoms with van der Waals surface area (Å²) >= 11 is 6.32. The molecule has 0 radical (unpaired) electrons. The van der Waals surface area contributed by atoms with Gasteiger partial charge in [-0.25, -0.2) is 9.18 Å². The number of nitro groups is 1. The van der Waals surface area contributed by atoms with Crippen molar-refractivity contribution in [2.24, 2.45) is 0 Å². The van der Waals surface area contributed by atoms with Crippen LogP contribution in [0.4, 0.5) is 30.6 Å². The van der Waals surface area contributed by atoms with E-state index in [1.807, 2.05) is 19.0 Å². The first-order chi connectivity index (χ1) is 16.2. The lowest BCUT2D eigenvalue weighted by atomic mass is 10.2. The van der Waals surface area contributed by atoms with Crippen molar-refractivity contribution < 1.29 is 18.8 Å². The molecule has 1 aromatic carbocycles. The summed E-state index contributed by atoms with van der Waals surface area (Å²) < 4.78 is 20.4. The first-order valence-electron chi connectivity index (χ1n) is 10.7. The van der Waals surface area contributed by atoms with Crippen LogP contribution in [0.5, 0.6) is 0 Å². The molecule has 0 spiro atoms. The van der Waals surface area contributed by atoms with Crippen LogP contribution < -0.4 is 20.0 Å². The highest BCUT2D eigenvalue weighted by molar-refractivity contribution is 7.80. The topological polar surface area (TPSA) is 94.4 Å². The summed E-state index contributed by atoms with van der Waals surface area (Å²) in [7, 11) is 3.64. The van der Waals surface area contributed by atoms with Gasteiger partial charge in [0.15, 0.2) is 5.11 Å². The molecule has 4 rings (SSSR count). The number of thiophene rings is 1. The quantitative estimate of drug-likeness (QED) is 0.359. The lowest BCUT2D eigenvalue weighted by Gasteiger charge is -2.36. The average molecular weight is 509 g/mol. The van der Waals surface area contributed by atoms with Gasteiger partial charge in [-0.3, -0.25) is 15.0 Å². The van der Waals surface area contributed by atoms with Crippen molar-refractivity contribution in [3.8, 4) is 0 Å². The van der Waals surface area contributed by atoms with E-state index in [0.29, 0.717) is 55.8 Å². The molecule has 2 saturated heterocycles. The van der Waals surface area contributed by atoms with E-state index in [0.717, 1.165) is 16.3 Å². The summed E-state index contributed by atoms with van der Waals surface area (Å²) in [6.07, 6.45) is -0.914. The Hall–Kier alpha value is -3.19. The second-order valence-electron chi connectivity index (χ2n) is 8.18. The van der Waals surface area contributed by atoms with Gasteiger partial charge in [0.1, 0.15) is 11.9 Å². The van der Waals surface area contributed by atoms with Crippen molar-refractivity contribution >= 4 is 56.1 Å². The highest BCUT2D eigenvalue weighted by Gasteiger charge is 2.33. The van der Waals surface area contributed by atoms with Crippen molar-refractivity contribution in [1.29, 1.82) is 0 Å². The van der Waals surface area contributed by atoms with Gasteiger partial charge < -0.3 is 24.8 Å². The van der Waals surface area contributed by atoms with Crippen LogP contribution >= 0.6 is 23.6 Å². The van der Waals surface area contributed by atoms with Crippen LogP contribution in [-0.4, -0.2) is 80.5 Å². The van der Waals surface area contributed by atoms with Gasteiger partial charge in [-0.05, 0) is 47.8 Å². The summed E-state index contributed by atoms with van der Waals surface area (Å²) in [6, 6.07) is 8.00. The third kappa shape index (κ3) is 5.14. The number of hydrogen-bond acceptors (Lipinski definition) is 8. The number of cyclic esters (lactones) is 1. The van der Waals surface area contributed by atoms with Crippen molar-refractivity contribution in [3.63, 3.8) is 0 Å². The molecule has 0 bridgehead atoms. The van der Waals surface area contributed by atoms with Crippen LogP contribution in [0, 0.1) is 15.9 Å². The molecule has 13 heteroatoms. The highest BCUT2D eigenvalue weighted by atomic mass is 32.1. The van der Waals surface area contributed by atoms with Crippen LogP contribution in [0.15, 0.2) is 30.3 Å². The Kier molecular flexibility index (Phi) is 7.03. The van der Waals surface area contributed by atoms with Crippen molar-refractivity contribution in [2.45, 2.75) is 6.10 Å². The number of rotatable bonds is 6. The Bertz CT molecular complexity index is 1090. The first-order valence-corrected chi connectivity index (χ1v) is 11.9. The minimum absolute atomic E-state index is 0.109. The number of anilines is 3. The van der Waals surface area contributed by atoms with Crippen LogP contribution in [0.3, 0.4) is 0 Å². The summed E-state index contributed by atoms with van der Waals surface area (Å²) in [5.74, 6) is -0.416. The van der Waals surface area contributed by atoms with E-state index >= 15 is 4.39 Å². The van der Waals surface area contributed by atoms with E-state index in [1.54, 1.807) is 23.1 Å². The number of halogens is 1. The molecule has 1 aromatic heterocycles. The number of nitrogens with zero attached hydrogens (tertiary/aromatic N) is 5. The summed E-state index contributed by atoms with van der Waals surface area (Å²) in [5, 5.41) is 15.5. The first kappa shape index (κ1) is 24.0. The lowest BCUT2D eigenvalue weighted by Crippen LogP contribution is -2.46. The molecule has 1 atom stereocenters. The largest absolute Gasteiger partial charge is 0.442 e. The zero-order valence-electron chi connectivity index (χ0n) is 18.8. The van der Waals surface area contributed by atoms with Gasteiger partial charge in [0.25, 0.3) is 0 Å². The number of piperazine rings is 1. The molecule has 0 unspecified atom stereocenters. The van der Waals surface area contributed by atoms with Crippen molar-refractivity contribution in [2.75, 3.05) is 68.1 Å². The zero-order chi connectivity index (χ0) is 24.4. The number of benzene rings is 1. The Morgan fingerprint density at radius 1 is 1.26 bits per heavy atom. The SMILES string of the molecule is CN(C)C(=S)NC[C@H]1CN(c2ccc(N3CCN(c4ccc([N+](=O)[O-])s4)CC3)c(F)c2)C(=O)O1. The number of hydrogen-bond donors (Lipinski definition) is 1. The van der Waals surface area contributed by atoms with Gasteiger partial charge >= 0.3 is 11.1 Å². The number of nitrogens with one attached hydrogen (secondary N) is 1. The van der Waals surface area contributed by atoms with Gasteiger partial charge in [0.05, 0.1) is 34.4 Å². The lowest BCUT2D eigenvalue weighted by molar-refractivity contribution is -0.380. The maximum absolute atomic E-state index is 15.0. The Balaban J connectivity index is 1.35. The molecule has 2 aliphatic heterocycles. The molecular formula is C21H25FN6O4S2. The third-order valence-electron chi connectivity index (χ3n) is 5.69. The number of thiocarbonyl (C=S) groups is 1. The van der Waals surface area contributed by atoms with Gasteiger partial charge in [-0.2, -0.15) is 0 Å². The molecule has 2 aliphatic rings. The maximum Gasteiger partial charge on any atom is 0.414 e. The maximum atomic E-state index is 15.0. The normalized spacial score (nSPS) is 18.1. The summed E-state index contributed by atoms with van der Waals surface area (Å²) in [6.45, 7) is 3.08. The molecular weight excluding hydrogens is 483 g/mol. The summed E-state index contributed by atoms with van der Waals surface area (Å²) in [5.41, 5.74) is 0.899. The highest BCUT2D eigenvalue weighted by Crippen LogP contribution is 2.33. The minimum atomic E-state index is -0.520. The van der Waals surface area contributed by atoms with Crippen LogP contribution in [0.25, 0.3) is 0 Å². The van der Waals surface area contributed by atoms with E-state index in [2.05, 4.69) is 10.2 Å². The van der Waals surface area contributed by atoms with E-state index in [1.165, 1.54) is 17.0 Å². The van der Waals surface area contributed by atoms with E-state index < -0.39 is 22.9 Å². The molecule has 0 saturated carbocycles. The molecule has 34 heavy (non-hydrogen) atoms. The smallest absolute Gasteiger partial charge is 0.414 e. The number of amides is 1. The van der Waals surface area contributed by atoms with Crippen molar-refractivity contribution in [1.82, 2.24) is 10.2 Å². The predicted molar refractivity (Wildman–Crippen MR) is 134 cm³/mol.